The Balaban J connectivity index is 1.41. The quantitative estimate of drug-likeness (QED) is 0.771. The van der Waals surface area contributed by atoms with E-state index in [-0.39, 0.29) is 11.7 Å². The van der Waals surface area contributed by atoms with E-state index in [2.05, 4.69) is 33.6 Å². The summed E-state index contributed by atoms with van der Waals surface area (Å²) < 4.78 is 14.4. The van der Waals surface area contributed by atoms with Gasteiger partial charge < -0.3 is 14.8 Å². The van der Waals surface area contributed by atoms with E-state index in [0.717, 1.165) is 53.7 Å². The fraction of sp³-hybridized carbons (Fsp3) is 0.429. The third-order valence-corrected chi connectivity index (χ3v) is 5.65. The molecule has 1 saturated heterocycles. The lowest BCUT2D eigenvalue weighted by Gasteiger charge is -2.47. The van der Waals surface area contributed by atoms with Gasteiger partial charge in [0.2, 0.25) is 0 Å². The summed E-state index contributed by atoms with van der Waals surface area (Å²) in [5.41, 5.74) is 3.08. The van der Waals surface area contributed by atoms with Crippen LogP contribution in [-0.4, -0.2) is 46.2 Å². The molecule has 140 valence electrons. The third kappa shape index (κ3) is 3.19. The second-order valence-electron chi connectivity index (χ2n) is 7.67. The van der Waals surface area contributed by atoms with E-state index in [1.54, 1.807) is 4.68 Å². The van der Waals surface area contributed by atoms with Crippen LogP contribution in [0.1, 0.15) is 19.3 Å². The lowest BCUT2D eigenvalue weighted by molar-refractivity contribution is -0.164. The number of hydrogen-bond acceptors (Lipinski definition) is 5. The molecule has 0 unspecified atom stereocenters. The van der Waals surface area contributed by atoms with Crippen molar-refractivity contribution < 1.29 is 9.47 Å². The minimum absolute atomic E-state index is 0.0491. The second kappa shape index (κ2) is 6.62. The molecule has 6 heteroatoms. The summed E-state index contributed by atoms with van der Waals surface area (Å²) in [6, 6.07) is 8.16. The van der Waals surface area contributed by atoms with E-state index in [4.69, 9.17) is 9.47 Å². The number of aromatic nitrogens is 3. The Bertz CT molecular complexity index is 964. The van der Waals surface area contributed by atoms with Gasteiger partial charge >= 0.3 is 0 Å². The minimum atomic E-state index is 0.0491. The molecule has 2 aliphatic rings. The number of nitrogens with one attached hydrogen (secondary N) is 1. The fourth-order valence-electron chi connectivity index (χ4n) is 4.04. The number of nitrogens with zero attached hydrogens (tertiary/aromatic N) is 3. The Morgan fingerprint density at radius 1 is 1.33 bits per heavy atom. The Hall–Kier alpha value is -2.44. The standard InChI is InChI=1S/C21H24N4O2/c1-25-12-16(10-24-25)15-8-19-18(4-2-7-23-19)20(9-15)26-13-17-11-22-14-21(27-17)5-3-6-21/h2,4,7-10,12,17,22H,3,5-6,11,13-14H2,1H3/t17-/m0/s1. The maximum atomic E-state index is 6.35. The molecule has 1 aliphatic carbocycles. The number of rotatable bonds is 4. The highest BCUT2D eigenvalue weighted by Crippen LogP contribution is 2.38. The molecule has 2 aromatic heterocycles. The van der Waals surface area contributed by atoms with E-state index in [1.807, 2.05) is 31.7 Å². The molecule has 6 nitrogen and oxygen atoms in total. The first-order valence-corrected chi connectivity index (χ1v) is 9.60. The van der Waals surface area contributed by atoms with Crippen LogP contribution in [0.3, 0.4) is 0 Å². The van der Waals surface area contributed by atoms with Gasteiger partial charge in [-0.15, -0.1) is 0 Å². The summed E-state index contributed by atoms with van der Waals surface area (Å²) in [7, 11) is 1.92. The van der Waals surface area contributed by atoms with E-state index in [0.29, 0.717) is 6.61 Å². The molecule has 5 rings (SSSR count). The van der Waals surface area contributed by atoms with Crippen LogP contribution in [0.5, 0.6) is 5.75 Å². The molecule has 2 fully saturated rings. The van der Waals surface area contributed by atoms with Gasteiger partial charge in [-0.2, -0.15) is 5.10 Å². The highest BCUT2D eigenvalue weighted by atomic mass is 16.6. The summed E-state index contributed by atoms with van der Waals surface area (Å²) in [5, 5.41) is 8.81. The second-order valence-corrected chi connectivity index (χ2v) is 7.67. The third-order valence-electron chi connectivity index (χ3n) is 5.65. The van der Waals surface area contributed by atoms with Crippen LogP contribution < -0.4 is 10.1 Å². The Kier molecular flexibility index (Phi) is 4.10. The average Bonchev–Trinajstić information content (AvgIpc) is 3.11. The molecule has 1 atom stereocenters. The number of pyridine rings is 1. The summed E-state index contributed by atoms with van der Waals surface area (Å²) >= 11 is 0. The van der Waals surface area contributed by atoms with Gasteiger partial charge in [-0.1, -0.05) is 0 Å². The zero-order chi connectivity index (χ0) is 18.3. The molecular formula is C21H24N4O2. The predicted octanol–water partition coefficient (Wildman–Crippen LogP) is 2.93. The topological polar surface area (TPSA) is 61.2 Å². The number of fused-ring (bicyclic) bond motifs is 1. The molecule has 27 heavy (non-hydrogen) atoms. The van der Waals surface area contributed by atoms with Crippen molar-refractivity contribution in [2.24, 2.45) is 7.05 Å². The van der Waals surface area contributed by atoms with E-state index < -0.39 is 0 Å². The van der Waals surface area contributed by atoms with Crippen molar-refractivity contribution in [2.75, 3.05) is 19.7 Å². The first-order valence-electron chi connectivity index (χ1n) is 9.60. The van der Waals surface area contributed by atoms with Gasteiger partial charge in [0, 0.05) is 43.5 Å². The number of hydrogen-bond donors (Lipinski definition) is 1. The van der Waals surface area contributed by atoms with Crippen molar-refractivity contribution in [2.45, 2.75) is 31.0 Å². The lowest BCUT2D eigenvalue weighted by atomic mass is 9.79. The summed E-state index contributed by atoms with van der Waals surface area (Å²) in [6.45, 7) is 2.34. The van der Waals surface area contributed by atoms with Crippen LogP contribution in [0.15, 0.2) is 42.9 Å². The van der Waals surface area contributed by atoms with Crippen LogP contribution in [-0.2, 0) is 11.8 Å². The molecule has 1 aliphatic heterocycles. The van der Waals surface area contributed by atoms with Crippen LogP contribution in [0, 0.1) is 0 Å². The number of morpholine rings is 1. The monoisotopic (exact) mass is 364 g/mol. The molecule has 1 aromatic carbocycles. The van der Waals surface area contributed by atoms with Crippen molar-refractivity contribution in [3.05, 3.63) is 42.9 Å². The van der Waals surface area contributed by atoms with Crippen molar-refractivity contribution in [3.8, 4) is 16.9 Å². The van der Waals surface area contributed by atoms with Crippen molar-refractivity contribution in [1.82, 2.24) is 20.1 Å². The molecular weight excluding hydrogens is 340 g/mol. The molecule has 0 radical (unpaired) electrons. The summed E-state index contributed by atoms with van der Waals surface area (Å²) in [4.78, 5) is 4.52. The zero-order valence-electron chi connectivity index (χ0n) is 15.5. The zero-order valence-corrected chi connectivity index (χ0v) is 15.5. The number of ether oxygens (including phenoxy) is 2. The Labute approximate surface area is 158 Å². The van der Waals surface area contributed by atoms with Gasteiger partial charge in [0.25, 0.3) is 0 Å². The Morgan fingerprint density at radius 3 is 3.04 bits per heavy atom. The van der Waals surface area contributed by atoms with E-state index >= 15 is 0 Å². The van der Waals surface area contributed by atoms with E-state index in [9.17, 15) is 0 Å². The SMILES string of the molecule is Cn1cc(-c2cc(OC[C@@H]3CNCC4(CCC4)O3)c3cccnc3c2)cn1. The normalized spacial score (nSPS) is 21.3. The van der Waals surface area contributed by atoms with Crippen molar-refractivity contribution >= 4 is 10.9 Å². The van der Waals surface area contributed by atoms with Gasteiger partial charge in [-0.25, -0.2) is 0 Å². The molecule has 0 amide bonds. The molecule has 1 spiro atoms. The summed E-state index contributed by atoms with van der Waals surface area (Å²) in [6.07, 6.45) is 9.32. The van der Waals surface area contributed by atoms with Gasteiger partial charge in [-0.3, -0.25) is 9.67 Å². The van der Waals surface area contributed by atoms with E-state index in [1.165, 1.54) is 6.42 Å². The van der Waals surface area contributed by atoms with Crippen molar-refractivity contribution in [1.29, 1.82) is 0 Å². The van der Waals surface area contributed by atoms with Crippen LogP contribution >= 0.6 is 0 Å². The van der Waals surface area contributed by atoms with Gasteiger partial charge in [0.05, 0.1) is 17.3 Å². The smallest absolute Gasteiger partial charge is 0.129 e. The molecule has 1 N–H and O–H groups in total. The van der Waals surface area contributed by atoms with Crippen LogP contribution in [0.25, 0.3) is 22.0 Å². The Morgan fingerprint density at radius 2 is 2.26 bits per heavy atom. The number of aryl methyl sites for hydroxylation is 1. The largest absolute Gasteiger partial charge is 0.490 e. The predicted molar refractivity (Wildman–Crippen MR) is 104 cm³/mol. The maximum Gasteiger partial charge on any atom is 0.129 e. The highest BCUT2D eigenvalue weighted by molar-refractivity contribution is 5.89. The maximum absolute atomic E-state index is 6.35. The highest BCUT2D eigenvalue weighted by Gasteiger charge is 2.42. The minimum Gasteiger partial charge on any atom is -0.490 e. The molecule has 0 bridgehead atoms. The van der Waals surface area contributed by atoms with Gasteiger partial charge in [-0.05, 0) is 49.1 Å². The van der Waals surface area contributed by atoms with Gasteiger partial charge in [0.1, 0.15) is 18.5 Å². The van der Waals surface area contributed by atoms with Crippen molar-refractivity contribution in [3.63, 3.8) is 0 Å². The van der Waals surface area contributed by atoms with Crippen LogP contribution in [0.4, 0.5) is 0 Å². The summed E-state index contributed by atoms with van der Waals surface area (Å²) in [5.74, 6) is 0.844. The first kappa shape index (κ1) is 16.7. The molecule has 3 aromatic rings. The first-order chi connectivity index (χ1) is 13.2. The van der Waals surface area contributed by atoms with Gasteiger partial charge in [0.15, 0.2) is 0 Å². The average molecular weight is 364 g/mol. The molecule has 3 heterocycles. The van der Waals surface area contributed by atoms with Crippen LogP contribution in [0.2, 0.25) is 0 Å². The number of benzene rings is 1. The fourth-order valence-corrected chi connectivity index (χ4v) is 4.04. The molecule has 1 saturated carbocycles. The lowest BCUT2D eigenvalue weighted by Crippen LogP contribution is -2.58.